The molecule has 0 saturated heterocycles. The molecule has 3 N–H and O–H groups in total. The lowest BCUT2D eigenvalue weighted by atomic mass is 10.1. The number of guanidine groups is 1. The Bertz CT molecular complexity index is 559. The average Bonchev–Trinajstić information content (AvgIpc) is 2.49. The first-order valence-electron chi connectivity index (χ1n) is 8.57. The van der Waals surface area contributed by atoms with Crippen LogP contribution in [0.1, 0.15) is 57.0 Å². The number of aliphatic imine (C=N–C) groups is 1. The fourth-order valence-electron chi connectivity index (χ4n) is 2.12. The molecule has 0 atom stereocenters. The number of amides is 1. The zero-order valence-electron chi connectivity index (χ0n) is 15.9. The van der Waals surface area contributed by atoms with E-state index in [0.29, 0.717) is 18.0 Å². The van der Waals surface area contributed by atoms with E-state index in [1.807, 2.05) is 45.0 Å². The van der Waals surface area contributed by atoms with Crippen LogP contribution in [0.3, 0.4) is 0 Å². The largest absolute Gasteiger partial charge is 0.356 e. The van der Waals surface area contributed by atoms with Gasteiger partial charge in [-0.15, -0.1) is 0 Å². The van der Waals surface area contributed by atoms with Crippen LogP contribution in [0.15, 0.2) is 29.3 Å². The van der Waals surface area contributed by atoms with Gasteiger partial charge in [0.1, 0.15) is 0 Å². The minimum atomic E-state index is -0.242. The third-order valence-electron chi connectivity index (χ3n) is 3.38. The molecule has 1 rings (SSSR count). The molecule has 0 saturated carbocycles. The van der Waals surface area contributed by atoms with Crippen molar-refractivity contribution in [3.63, 3.8) is 0 Å². The second kappa shape index (κ2) is 9.30. The monoisotopic (exact) mass is 332 g/mol. The van der Waals surface area contributed by atoms with Gasteiger partial charge < -0.3 is 16.0 Å². The molecule has 1 amide bonds. The maximum absolute atomic E-state index is 12.2. The number of nitrogens with zero attached hydrogens (tertiary/aromatic N) is 1. The molecule has 24 heavy (non-hydrogen) atoms. The van der Waals surface area contributed by atoms with Crippen molar-refractivity contribution in [1.82, 2.24) is 16.0 Å². The van der Waals surface area contributed by atoms with E-state index in [1.165, 1.54) is 0 Å². The van der Waals surface area contributed by atoms with Gasteiger partial charge in [-0.1, -0.05) is 26.0 Å². The van der Waals surface area contributed by atoms with Crippen LogP contribution in [0, 0.1) is 5.92 Å². The first-order valence-corrected chi connectivity index (χ1v) is 8.57. The average molecular weight is 332 g/mol. The van der Waals surface area contributed by atoms with Gasteiger partial charge in [-0.05, 0) is 50.8 Å². The summed E-state index contributed by atoms with van der Waals surface area (Å²) >= 11 is 0. The second-order valence-electron chi connectivity index (χ2n) is 7.44. The number of nitrogens with one attached hydrogen (secondary N) is 3. The van der Waals surface area contributed by atoms with Crippen molar-refractivity contribution in [2.24, 2.45) is 10.9 Å². The normalized spacial score (nSPS) is 12.2. The Balaban J connectivity index is 2.59. The fraction of sp³-hybridized carbons (Fsp3) is 0.579. The summed E-state index contributed by atoms with van der Waals surface area (Å²) in [6.45, 7) is 11.8. The van der Waals surface area contributed by atoms with Gasteiger partial charge in [-0.25, -0.2) is 0 Å². The molecule has 1 aromatic carbocycles. The number of carbonyl (C=O) groups is 1. The lowest BCUT2D eigenvalue weighted by Gasteiger charge is -2.20. The molecular formula is C19H32N4O. The lowest BCUT2D eigenvalue weighted by molar-refractivity contribution is 0.0919. The molecule has 0 bridgehead atoms. The first kappa shape index (κ1) is 20.0. The van der Waals surface area contributed by atoms with Crippen molar-refractivity contribution in [3.05, 3.63) is 35.4 Å². The summed E-state index contributed by atoms with van der Waals surface area (Å²) in [6, 6.07) is 7.65. The third kappa shape index (κ3) is 7.99. The van der Waals surface area contributed by atoms with Crippen molar-refractivity contribution in [3.8, 4) is 0 Å². The van der Waals surface area contributed by atoms with Crippen LogP contribution < -0.4 is 16.0 Å². The Hall–Kier alpha value is -2.04. The Kier molecular flexibility index (Phi) is 7.75. The third-order valence-corrected chi connectivity index (χ3v) is 3.38. The zero-order chi connectivity index (χ0) is 18.2. The number of hydrogen-bond donors (Lipinski definition) is 3. The van der Waals surface area contributed by atoms with Gasteiger partial charge >= 0.3 is 0 Å². The molecule has 134 valence electrons. The highest BCUT2D eigenvalue weighted by atomic mass is 16.1. The Labute approximate surface area is 146 Å². The molecule has 0 fully saturated rings. The molecule has 0 aliphatic carbocycles. The van der Waals surface area contributed by atoms with Crippen molar-refractivity contribution < 1.29 is 4.79 Å². The van der Waals surface area contributed by atoms with E-state index in [4.69, 9.17) is 0 Å². The summed E-state index contributed by atoms with van der Waals surface area (Å²) in [7, 11) is 1.76. The SMILES string of the molecule is CN=C(NCCC(C)C)NCc1cccc(C(=O)NC(C)(C)C)c1. The number of benzene rings is 1. The maximum atomic E-state index is 12.2. The highest BCUT2D eigenvalue weighted by molar-refractivity contribution is 5.94. The second-order valence-corrected chi connectivity index (χ2v) is 7.44. The summed E-state index contributed by atoms with van der Waals surface area (Å²) in [4.78, 5) is 16.5. The van der Waals surface area contributed by atoms with Gasteiger partial charge in [0.2, 0.25) is 0 Å². The van der Waals surface area contributed by atoms with Crippen LogP contribution in [0.5, 0.6) is 0 Å². The minimum absolute atomic E-state index is 0.0520. The smallest absolute Gasteiger partial charge is 0.251 e. The van der Waals surface area contributed by atoms with Gasteiger partial charge in [0.05, 0.1) is 0 Å². The molecule has 5 nitrogen and oxygen atoms in total. The van der Waals surface area contributed by atoms with Crippen LogP contribution in [0.4, 0.5) is 0 Å². The van der Waals surface area contributed by atoms with Gasteiger partial charge in [0, 0.05) is 31.2 Å². The van der Waals surface area contributed by atoms with E-state index in [1.54, 1.807) is 7.05 Å². The van der Waals surface area contributed by atoms with Gasteiger partial charge in [0.15, 0.2) is 5.96 Å². The van der Waals surface area contributed by atoms with Crippen molar-refractivity contribution >= 4 is 11.9 Å². The molecule has 0 heterocycles. The molecular weight excluding hydrogens is 300 g/mol. The number of rotatable bonds is 6. The Morgan fingerprint density at radius 3 is 2.50 bits per heavy atom. The van der Waals surface area contributed by atoms with E-state index in [0.717, 1.165) is 24.5 Å². The standard InChI is InChI=1S/C19H32N4O/c1-14(2)10-11-21-18(20-6)22-13-15-8-7-9-16(12-15)17(24)23-19(3,4)5/h7-9,12,14H,10-11,13H2,1-6H3,(H,23,24)(H2,20,21,22). The highest BCUT2D eigenvalue weighted by Crippen LogP contribution is 2.08. The van der Waals surface area contributed by atoms with E-state index in [9.17, 15) is 4.79 Å². The summed E-state index contributed by atoms with van der Waals surface area (Å²) in [5.74, 6) is 1.39. The minimum Gasteiger partial charge on any atom is -0.356 e. The molecule has 0 spiro atoms. The Morgan fingerprint density at radius 2 is 1.92 bits per heavy atom. The summed E-state index contributed by atoms with van der Waals surface area (Å²) < 4.78 is 0. The summed E-state index contributed by atoms with van der Waals surface area (Å²) in [5.41, 5.74) is 1.48. The van der Waals surface area contributed by atoms with Crippen molar-refractivity contribution in [2.45, 2.75) is 53.1 Å². The van der Waals surface area contributed by atoms with E-state index in [-0.39, 0.29) is 11.4 Å². The predicted molar refractivity (Wildman–Crippen MR) is 101 cm³/mol. The molecule has 0 aliphatic heterocycles. The number of carbonyl (C=O) groups excluding carboxylic acids is 1. The predicted octanol–water partition coefficient (Wildman–Crippen LogP) is 2.93. The van der Waals surface area contributed by atoms with Crippen LogP contribution in [0.2, 0.25) is 0 Å². The van der Waals surface area contributed by atoms with Crippen molar-refractivity contribution in [2.75, 3.05) is 13.6 Å². The molecule has 0 aromatic heterocycles. The van der Waals surface area contributed by atoms with Crippen LogP contribution in [0.25, 0.3) is 0 Å². The first-order chi connectivity index (χ1) is 11.2. The van der Waals surface area contributed by atoms with Gasteiger partial charge in [-0.3, -0.25) is 9.79 Å². The summed E-state index contributed by atoms with van der Waals surface area (Å²) in [6.07, 6.45) is 1.10. The lowest BCUT2D eigenvalue weighted by Crippen LogP contribution is -2.40. The molecule has 5 heteroatoms. The van der Waals surface area contributed by atoms with E-state index in [2.05, 4.69) is 34.8 Å². The van der Waals surface area contributed by atoms with E-state index >= 15 is 0 Å². The topological polar surface area (TPSA) is 65.5 Å². The van der Waals surface area contributed by atoms with Crippen LogP contribution in [-0.4, -0.2) is 31.0 Å². The zero-order valence-corrected chi connectivity index (χ0v) is 15.9. The molecule has 0 radical (unpaired) electrons. The summed E-state index contributed by atoms with van der Waals surface area (Å²) in [5, 5.41) is 9.56. The van der Waals surface area contributed by atoms with E-state index < -0.39 is 0 Å². The molecule has 0 aliphatic rings. The quantitative estimate of drug-likeness (QED) is 0.554. The van der Waals surface area contributed by atoms with Crippen LogP contribution in [-0.2, 0) is 6.54 Å². The fourth-order valence-corrected chi connectivity index (χ4v) is 2.12. The maximum Gasteiger partial charge on any atom is 0.251 e. The Morgan fingerprint density at radius 1 is 1.21 bits per heavy atom. The van der Waals surface area contributed by atoms with Crippen LogP contribution >= 0.6 is 0 Å². The molecule has 1 aromatic rings. The molecule has 0 unspecified atom stereocenters. The van der Waals surface area contributed by atoms with Crippen molar-refractivity contribution in [1.29, 1.82) is 0 Å². The van der Waals surface area contributed by atoms with Gasteiger partial charge in [0.25, 0.3) is 5.91 Å². The number of hydrogen-bond acceptors (Lipinski definition) is 2. The highest BCUT2D eigenvalue weighted by Gasteiger charge is 2.15. The van der Waals surface area contributed by atoms with Gasteiger partial charge in [-0.2, -0.15) is 0 Å².